The van der Waals surface area contributed by atoms with E-state index in [9.17, 15) is 5.26 Å². The van der Waals surface area contributed by atoms with Gasteiger partial charge in [-0.15, -0.1) is 0 Å². The summed E-state index contributed by atoms with van der Waals surface area (Å²) in [6.45, 7) is 7.93. The Morgan fingerprint density at radius 1 is 0.422 bits per heavy atom. The smallest absolute Gasteiger partial charge is 0.194 e. The number of methoxy groups -OCH3 is 2. The highest BCUT2D eigenvalue weighted by Gasteiger charge is 2.14. The van der Waals surface area contributed by atoms with Crippen LogP contribution in [0.3, 0.4) is 0 Å². The zero-order chi connectivity index (χ0) is 44.1. The molecule has 308 valence electrons. The minimum atomic E-state index is 0.534. The van der Waals surface area contributed by atoms with Crippen molar-refractivity contribution in [2.75, 3.05) is 24.0 Å². The van der Waals surface area contributed by atoms with E-state index in [0.29, 0.717) is 11.3 Å². The van der Waals surface area contributed by atoms with Gasteiger partial charge in [-0.25, -0.2) is 4.85 Å². The molecule has 0 radical (unpaired) electrons. The maximum absolute atomic E-state index is 10.1. The number of hydrogen-bond donors (Lipinski definition) is 0. The van der Waals surface area contributed by atoms with E-state index in [2.05, 4.69) is 124 Å². The molecule has 0 fully saturated rings. The van der Waals surface area contributed by atoms with Gasteiger partial charge in [-0.05, 0) is 143 Å². The summed E-state index contributed by atoms with van der Waals surface area (Å²) >= 11 is 0. The molecule has 0 amide bonds. The molecule has 0 unspecified atom stereocenters. The van der Waals surface area contributed by atoms with Gasteiger partial charge in [0.25, 0.3) is 0 Å². The molecule has 0 N–H and O–H groups in total. The largest absolute Gasteiger partial charge is 0.497 e. The second-order valence-electron chi connectivity index (χ2n) is 14.8. The van der Waals surface area contributed by atoms with Gasteiger partial charge in [0, 0.05) is 34.1 Å². The highest BCUT2D eigenvalue weighted by Crippen LogP contribution is 2.37. The Morgan fingerprint density at radius 3 is 1.20 bits per heavy atom. The predicted molar refractivity (Wildman–Crippen MR) is 266 cm³/mol. The molecule has 6 heteroatoms. The molecule has 8 rings (SSSR count). The Labute approximate surface area is 375 Å². The van der Waals surface area contributed by atoms with Crippen LogP contribution >= 0.6 is 0 Å². The van der Waals surface area contributed by atoms with E-state index >= 15 is 0 Å². The van der Waals surface area contributed by atoms with Crippen LogP contribution in [0.1, 0.15) is 38.9 Å². The van der Waals surface area contributed by atoms with Crippen LogP contribution in [0.15, 0.2) is 194 Å². The van der Waals surface area contributed by atoms with Gasteiger partial charge in [-0.3, -0.25) is 0 Å². The van der Waals surface area contributed by atoms with E-state index in [1.165, 1.54) is 0 Å². The van der Waals surface area contributed by atoms with Crippen molar-refractivity contribution in [2.45, 2.75) is 0 Å². The lowest BCUT2D eigenvalue weighted by molar-refractivity contribution is 0.414. The summed E-state index contributed by atoms with van der Waals surface area (Å²) in [4.78, 5) is 8.24. The number of ether oxygens (including phenoxy) is 2. The van der Waals surface area contributed by atoms with Crippen LogP contribution < -0.4 is 19.3 Å². The van der Waals surface area contributed by atoms with E-state index in [1.807, 2.05) is 127 Å². The highest BCUT2D eigenvalue weighted by molar-refractivity contribution is 5.84. The molecular formula is C58H44N4O2. The molecule has 0 heterocycles. The van der Waals surface area contributed by atoms with Crippen molar-refractivity contribution >= 4 is 76.3 Å². The average molecular weight is 829 g/mol. The zero-order valence-electron chi connectivity index (χ0n) is 35.5. The Bertz CT molecular complexity index is 2790. The fraction of sp³-hybridized carbons (Fsp3) is 0.0345. The van der Waals surface area contributed by atoms with E-state index < -0.39 is 0 Å². The third-order valence-corrected chi connectivity index (χ3v) is 10.7. The predicted octanol–water partition coefficient (Wildman–Crippen LogP) is 15.6. The lowest BCUT2D eigenvalue weighted by Gasteiger charge is -2.25. The van der Waals surface area contributed by atoms with Crippen LogP contribution in [0.2, 0.25) is 0 Å². The Kier molecular flexibility index (Phi) is 13.2. The Morgan fingerprint density at radius 2 is 0.781 bits per heavy atom. The van der Waals surface area contributed by atoms with Gasteiger partial charge in [-0.2, -0.15) is 5.26 Å². The third kappa shape index (κ3) is 10.0. The van der Waals surface area contributed by atoms with Gasteiger partial charge in [0.2, 0.25) is 0 Å². The van der Waals surface area contributed by atoms with Crippen molar-refractivity contribution in [3.8, 4) is 17.6 Å². The average Bonchev–Trinajstić information content (AvgIpc) is 3.36. The Hall–Kier alpha value is -8.84. The first-order valence-electron chi connectivity index (χ1n) is 20.8. The highest BCUT2D eigenvalue weighted by atomic mass is 16.5. The second kappa shape index (κ2) is 20.1. The van der Waals surface area contributed by atoms with E-state index in [0.717, 1.165) is 79.0 Å². The normalized spacial score (nSPS) is 11.1. The molecule has 0 bridgehead atoms. The fourth-order valence-corrected chi connectivity index (χ4v) is 7.37. The summed E-state index contributed by atoms with van der Waals surface area (Å²) in [5.41, 5.74) is 12.8. The first-order valence-corrected chi connectivity index (χ1v) is 20.8. The molecule has 64 heavy (non-hydrogen) atoms. The summed E-state index contributed by atoms with van der Waals surface area (Å²) in [6.07, 6.45) is 11.9. The number of hydrogen-bond acceptors (Lipinski definition) is 5. The number of rotatable bonds is 14. The number of anilines is 6. The molecule has 0 atom stereocenters. The molecule has 0 saturated heterocycles. The first kappa shape index (κ1) is 41.9. The molecule has 0 aliphatic heterocycles. The number of benzene rings is 8. The van der Waals surface area contributed by atoms with Crippen LogP contribution in [0.5, 0.6) is 11.5 Å². The minimum absolute atomic E-state index is 0.534. The molecule has 0 aliphatic carbocycles. The van der Waals surface area contributed by atoms with Gasteiger partial charge in [0.1, 0.15) is 11.5 Å². The molecule has 8 aromatic rings. The summed E-state index contributed by atoms with van der Waals surface area (Å²) in [5.74, 6) is 1.62. The second-order valence-corrected chi connectivity index (χ2v) is 14.8. The molecule has 8 aromatic carbocycles. The zero-order valence-corrected chi connectivity index (χ0v) is 35.5. The van der Waals surface area contributed by atoms with Gasteiger partial charge in [0.05, 0.1) is 32.4 Å². The summed E-state index contributed by atoms with van der Waals surface area (Å²) in [6, 6.07) is 67.4. The maximum atomic E-state index is 10.1. The lowest BCUT2D eigenvalue weighted by Crippen LogP contribution is -2.09. The number of para-hydroxylation sites is 2. The van der Waals surface area contributed by atoms with Crippen molar-refractivity contribution in [2.24, 2.45) is 0 Å². The Balaban J connectivity index is 0.936. The number of nitrogens with zero attached hydrogens (tertiary/aromatic N) is 4. The molecule has 0 saturated carbocycles. The molecule has 6 nitrogen and oxygen atoms in total. The first-order chi connectivity index (χ1) is 31.5. The standard InChI is InChI=1S/C58H44N4O2/c1-60-58-41-46(17-15-44-22-30-53(31-23-44)62(51-12-8-5-9-13-51)55-34-38-57(64-3)39-35-55)19-25-48(58)27-26-47-24-18-45(40-49(47)42-59)16-14-43-20-28-52(29-21-43)61(50-10-6-4-7-11-50)54-32-36-56(63-2)37-33-54/h4-41H,2-3H3/b16-14+,17-15+,27-26+. The molecular weight excluding hydrogens is 785 g/mol. The maximum Gasteiger partial charge on any atom is 0.194 e. The fourth-order valence-electron chi connectivity index (χ4n) is 7.37. The van der Waals surface area contributed by atoms with Gasteiger partial charge in [-0.1, -0.05) is 121 Å². The van der Waals surface area contributed by atoms with Crippen LogP contribution in [0, 0.1) is 17.9 Å². The van der Waals surface area contributed by atoms with E-state index in [1.54, 1.807) is 14.2 Å². The van der Waals surface area contributed by atoms with Crippen LogP contribution in [-0.2, 0) is 0 Å². The van der Waals surface area contributed by atoms with Gasteiger partial charge >= 0.3 is 0 Å². The summed E-state index contributed by atoms with van der Waals surface area (Å²) < 4.78 is 10.8. The summed E-state index contributed by atoms with van der Waals surface area (Å²) in [5, 5.41) is 10.1. The molecule has 0 spiro atoms. The number of nitriles is 1. The van der Waals surface area contributed by atoms with Crippen LogP contribution in [-0.4, -0.2) is 14.2 Å². The van der Waals surface area contributed by atoms with Crippen molar-refractivity contribution in [1.82, 2.24) is 0 Å². The molecule has 0 aliphatic rings. The quantitative estimate of drug-likeness (QED) is 0.0807. The topological polar surface area (TPSA) is 53.1 Å². The molecule has 0 aromatic heterocycles. The van der Waals surface area contributed by atoms with Crippen molar-refractivity contribution < 1.29 is 9.47 Å². The van der Waals surface area contributed by atoms with Crippen molar-refractivity contribution in [3.05, 3.63) is 244 Å². The monoisotopic (exact) mass is 828 g/mol. The van der Waals surface area contributed by atoms with E-state index in [4.69, 9.17) is 16.0 Å². The summed E-state index contributed by atoms with van der Waals surface area (Å²) in [7, 11) is 3.34. The SMILES string of the molecule is [C-]#[N+]c1cc(/C=C/c2ccc(N(c3ccccc3)c3ccc(OC)cc3)cc2)ccc1/C=C/c1ccc(/C=C/c2ccc(N(c3ccccc3)c3ccc(OC)cc3)cc2)cc1C#N. The third-order valence-electron chi connectivity index (χ3n) is 10.7. The van der Waals surface area contributed by atoms with Gasteiger partial charge < -0.3 is 19.3 Å². The van der Waals surface area contributed by atoms with E-state index in [-0.39, 0.29) is 0 Å². The minimum Gasteiger partial charge on any atom is -0.497 e. The lowest BCUT2D eigenvalue weighted by atomic mass is 10.0. The van der Waals surface area contributed by atoms with Gasteiger partial charge in [0.15, 0.2) is 5.69 Å². The van der Waals surface area contributed by atoms with Crippen LogP contribution in [0.25, 0.3) is 41.3 Å². The van der Waals surface area contributed by atoms with Crippen molar-refractivity contribution in [3.63, 3.8) is 0 Å². The van der Waals surface area contributed by atoms with Crippen molar-refractivity contribution in [1.29, 1.82) is 5.26 Å². The van der Waals surface area contributed by atoms with Crippen LogP contribution in [0.4, 0.5) is 39.8 Å².